The zero-order chi connectivity index (χ0) is 16.7. The van der Waals surface area contributed by atoms with Gasteiger partial charge in [0.2, 0.25) is 0 Å². The second-order valence-electron chi connectivity index (χ2n) is 5.15. The van der Waals surface area contributed by atoms with Gasteiger partial charge in [-0.05, 0) is 39.5 Å². The quantitative estimate of drug-likeness (QED) is 0.652. The molecule has 0 aromatic heterocycles. The molecule has 0 saturated heterocycles. The molecule has 0 aliphatic heterocycles. The van der Waals surface area contributed by atoms with Gasteiger partial charge in [-0.2, -0.15) is 0 Å². The smallest absolute Gasteiger partial charge is 0.320 e. The highest BCUT2D eigenvalue weighted by Gasteiger charge is 2.21. The molecule has 2 N–H and O–H groups in total. The number of carboxylic acid groups (broad SMARTS) is 1. The van der Waals surface area contributed by atoms with Crippen molar-refractivity contribution in [3.05, 3.63) is 34.8 Å². The van der Waals surface area contributed by atoms with Gasteiger partial charge in [0.05, 0.1) is 11.6 Å². The third-order valence-corrected chi connectivity index (χ3v) is 3.68. The van der Waals surface area contributed by atoms with E-state index in [0.717, 1.165) is 10.0 Å². The number of benzene rings is 1. The van der Waals surface area contributed by atoms with E-state index >= 15 is 0 Å². The van der Waals surface area contributed by atoms with Crippen molar-refractivity contribution >= 4 is 21.9 Å². The average molecular weight is 372 g/mol. The second-order valence-corrected chi connectivity index (χ2v) is 6.00. The Balaban J connectivity index is 2.90. The van der Waals surface area contributed by atoms with Crippen LogP contribution in [0.3, 0.4) is 0 Å². The largest absolute Gasteiger partial charge is 0.493 e. The molecule has 0 aliphatic rings. The lowest BCUT2D eigenvalue weighted by Gasteiger charge is -2.19. The lowest BCUT2D eigenvalue weighted by atomic mass is 10.0. The molecule has 1 atom stereocenters. The number of aliphatic carboxylic acids is 1. The van der Waals surface area contributed by atoms with Crippen molar-refractivity contribution in [3.8, 4) is 11.5 Å². The third kappa shape index (κ3) is 5.03. The molecule has 0 unspecified atom stereocenters. The van der Waals surface area contributed by atoms with Crippen molar-refractivity contribution in [2.24, 2.45) is 5.92 Å². The van der Waals surface area contributed by atoms with Crippen molar-refractivity contribution in [2.45, 2.75) is 26.4 Å². The number of rotatable bonds is 9. The topological polar surface area (TPSA) is 67.8 Å². The van der Waals surface area contributed by atoms with E-state index in [0.29, 0.717) is 24.7 Å². The molecule has 0 amide bonds. The Kier molecular flexibility index (Phi) is 7.41. The van der Waals surface area contributed by atoms with Crippen LogP contribution in [0.5, 0.6) is 11.5 Å². The maximum absolute atomic E-state index is 11.2. The van der Waals surface area contributed by atoms with Crippen LogP contribution >= 0.6 is 15.9 Å². The molecular weight excluding hydrogens is 350 g/mol. The fourth-order valence-electron chi connectivity index (χ4n) is 1.99. The Bertz CT molecular complexity index is 531. The number of hydrogen-bond acceptors (Lipinski definition) is 4. The summed E-state index contributed by atoms with van der Waals surface area (Å²) in [6.45, 7) is 8.15. The summed E-state index contributed by atoms with van der Waals surface area (Å²) in [6.07, 6.45) is 1.65. The lowest BCUT2D eigenvalue weighted by Crippen LogP contribution is -2.40. The Morgan fingerprint density at radius 3 is 2.68 bits per heavy atom. The van der Waals surface area contributed by atoms with Crippen LogP contribution in [0.2, 0.25) is 0 Å². The highest BCUT2D eigenvalue weighted by molar-refractivity contribution is 9.10. The van der Waals surface area contributed by atoms with E-state index in [1.54, 1.807) is 13.2 Å². The molecule has 1 aromatic carbocycles. The van der Waals surface area contributed by atoms with Crippen molar-refractivity contribution in [1.29, 1.82) is 0 Å². The summed E-state index contributed by atoms with van der Waals surface area (Å²) in [6, 6.07) is 3.12. The summed E-state index contributed by atoms with van der Waals surface area (Å²) in [4.78, 5) is 11.2. The molecule has 1 rings (SSSR count). The fraction of sp³-hybridized carbons (Fsp3) is 0.438. The van der Waals surface area contributed by atoms with Gasteiger partial charge in [-0.25, -0.2) is 0 Å². The lowest BCUT2D eigenvalue weighted by molar-refractivity contribution is -0.140. The molecule has 0 aliphatic carbocycles. The number of nitrogens with one attached hydrogen (secondary N) is 1. The molecule has 6 heteroatoms. The standard InChI is InChI=1S/C16H22BrNO4/c1-5-6-22-15-12(17)7-11(8-13(15)21-4)9-18-14(10(2)3)16(19)20/h5,7-8,10,14,18H,1,6,9H2,2-4H3,(H,19,20)/t14-/m0/s1. The maximum Gasteiger partial charge on any atom is 0.320 e. The molecule has 22 heavy (non-hydrogen) atoms. The van der Waals surface area contributed by atoms with Gasteiger partial charge in [-0.15, -0.1) is 0 Å². The van der Waals surface area contributed by atoms with E-state index in [4.69, 9.17) is 9.47 Å². The average Bonchev–Trinajstić information content (AvgIpc) is 2.45. The summed E-state index contributed by atoms with van der Waals surface area (Å²) in [5, 5.41) is 12.2. The van der Waals surface area contributed by atoms with Gasteiger partial charge in [-0.3, -0.25) is 4.79 Å². The van der Waals surface area contributed by atoms with Crippen molar-refractivity contribution < 1.29 is 19.4 Å². The Labute approximate surface area is 139 Å². The Morgan fingerprint density at radius 1 is 1.50 bits per heavy atom. The highest BCUT2D eigenvalue weighted by atomic mass is 79.9. The Morgan fingerprint density at radius 2 is 2.18 bits per heavy atom. The third-order valence-electron chi connectivity index (χ3n) is 3.09. The Hall–Kier alpha value is -1.53. The van der Waals surface area contributed by atoms with Gasteiger partial charge in [0.1, 0.15) is 12.6 Å². The van der Waals surface area contributed by atoms with Gasteiger partial charge < -0.3 is 19.9 Å². The molecule has 0 saturated carbocycles. The fourth-order valence-corrected chi connectivity index (χ4v) is 2.60. The van der Waals surface area contributed by atoms with E-state index in [1.165, 1.54) is 0 Å². The van der Waals surface area contributed by atoms with Crippen molar-refractivity contribution in [2.75, 3.05) is 13.7 Å². The normalized spacial score (nSPS) is 12.0. The van der Waals surface area contributed by atoms with Crippen molar-refractivity contribution in [3.63, 3.8) is 0 Å². The minimum atomic E-state index is -0.855. The number of carboxylic acids is 1. The molecule has 0 bridgehead atoms. The van der Waals surface area contributed by atoms with Gasteiger partial charge in [-0.1, -0.05) is 26.5 Å². The monoisotopic (exact) mass is 371 g/mol. The first kappa shape index (κ1) is 18.5. The molecule has 0 heterocycles. The number of methoxy groups -OCH3 is 1. The van der Waals surface area contributed by atoms with E-state index in [-0.39, 0.29) is 5.92 Å². The number of hydrogen-bond donors (Lipinski definition) is 2. The van der Waals surface area contributed by atoms with E-state index in [1.807, 2.05) is 26.0 Å². The van der Waals surface area contributed by atoms with Crippen LogP contribution in [0.25, 0.3) is 0 Å². The molecular formula is C16H22BrNO4. The van der Waals surface area contributed by atoms with Gasteiger partial charge in [0.15, 0.2) is 11.5 Å². The minimum Gasteiger partial charge on any atom is -0.493 e. The molecule has 122 valence electrons. The van der Waals surface area contributed by atoms with E-state index in [9.17, 15) is 9.90 Å². The predicted molar refractivity (Wildman–Crippen MR) is 89.5 cm³/mol. The van der Waals surface area contributed by atoms with Crippen LogP contribution in [0.15, 0.2) is 29.3 Å². The first-order chi connectivity index (χ1) is 10.4. The SMILES string of the molecule is C=CCOc1c(Br)cc(CN[C@H](C(=O)O)C(C)C)cc1OC. The summed E-state index contributed by atoms with van der Waals surface area (Å²) < 4.78 is 11.6. The first-order valence-corrected chi connectivity index (χ1v) is 7.76. The summed E-state index contributed by atoms with van der Waals surface area (Å²) in [7, 11) is 1.56. The van der Waals surface area contributed by atoms with Gasteiger partial charge in [0, 0.05) is 6.54 Å². The van der Waals surface area contributed by atoms with Crippen LogP contribution in [-0.2, 0) is 11.3 Å². The van der Waals surface area contributed by atoms with Crippen LogP contribution in [0.4, 0.5) is 0 Å². The van der Waals surface area contributed by atoms with Crippen molar-refractivity contribution in [1.82, 2.24) is 5.32 Å². The minimum absolute atomic E-state index is 0.00182. The zero-order valence-electron chi connectivity index (χ0n) is 13.1. The van der Waals surface area contributed by atoms with Crippen LogP contribution in [-0.4, -0.2) is 30.8 Å². The number of carbonyl (C=O) groups is 1. The highest BCUT2D eigenvalue weighted by Crippen LogP contribution is 2.36. The van der Waals surface area contributed by atoms with Crippen LogP contribution < -0.4 is 14.8 Å². The van der Waals surface area contributed by atoms with E-state index in [2.05, 4.69) is 27.8 Å². The second kappa shape index (κ2) is 8.80. The molecule has 0 fully saturated rings. The van der Waals surface area contributed by atoms with Gasteiger partial charge in [0.25, 0.3) is 0 Å². The summed E-state index contributed by atoms with van der Waals surface area (Å²) >= 11 is 3.45. The van der Waals surface area contributed by atoms with E-state index < -0.39 is 12.0 Å². The summed E-state index contributed by atoms with van der Waals surface area (Å²) in [5.41, 5.74) is 0.904. The molecule has 0 radical (unpaired) electrons. The maximum atomic E-state index is 11.2. The van der Waals surface area contributed by atoms with Crippen LogP contribution in [0, 0.1) is 5.92 Å². The molecule has 5 nitrogen and oxygen atoms in total. The molecule has 0 spiro atoms. The van der Waals surface area contributed by atoms with Gasteiger partial charge >= 0.3 is 5.97 Å². The van der Waals surface area contributed by atoms with Crippen LogP contribution in [0.1, 0.15) is 19.4 Å². The summed E-state index contributed by atoms with van der Waals surface area (Å²) in [5.74, 6) is 0.333. The first-order valence-electron chi connectivity index (χ1n) is 6.97. The number of halogens is 1. The number of ether oxygens (including phenoxy) is 2. The zero-order valence-corrected chi connectivity index (χ0v) is 14.6. The predicted octanol–water partition coefficient (Wildman–Crippen LogP) is 3.22. The molecule has 1 aromatic rings.